The van der Waals surface area contributed by atoms with E-state index in [1.54, 1.807) is 0 Å². The lowest BCUT2D eigenvalue weighted by Crippen LogP contribution is -2.37. The van der Waals surface area contributed by atoms with Crippen LogP contribution in [0.5, 0.6) is 0 Å². The number of aromatic nitrogens is 3. The summed E-state index contributed by atoms with van der Waals surface area (Å²) in [7, 11) is 0. The van der Waals surface area contributed by atoms with Gasteiger partial charge < -0.3 is 39.6 Å². The molecule has 1 fully saturated rings. The second kappa shape index (κ2) is 7.49. The van der Waals surface area contributed by atoms with E-state index in [1.807, 2.05) is 0 Å². The smallest absolute Gasteiger partial charge is 0.323 e. The number of halogens is 2. The molecule has 0 spiro atoms. The van der Waals surface area contributed by atoms with Gasteiger partial charge in [0.25, 0.3) is 0 Å². The first-order valence-corrected chi connectivity index (χ1v) is 9.77. The van der Waals surface area contributed by atoms with E-state index < -0.39 is 53.9 Å². The van der Waals surface area contributed by atoms with Crippen LogP contribution in [0.1, 0.15) is 29.2 Å². The van der Waals surface area contributed by atoms with Crippen molar-refractivity contribution in [2.75, 3.05) is 6.61 Å². The van der Waals surface area contributed by atoms with Crippen LogP contribution in [0.2, 0.25) is 0 Å². The first kappa shape index (κ1) is 21.3. The zero-order chi connectivity index (χ0) is 22.8. The molecule has 10 nitrogen and oxygen atoms in total. The van der Waals surface area contributed by atoms with Crippen LogP contribution in [0.3, 0.4) is 0 Å². The van der Waals surface area contributed by atoms with Crippen molar-refractivity contribution in [3.63, 3.8) is 0 Å². The Balaban J connectivity index is 1.51. The van der Waals surface area contributed by atoms with E-state index in [2.05, 4.69) is 9.97 Å². The van der Waals surface area contributed by atoms with Gasteiger partial charge in [0.05, 0.1) is 6.61 Å². The Kier molecular flexibility index (Phi) is 4.98. The van der Waals surface area contributed by atoms with Crippen LogP contribution < -0.4 is 0 Å². The van der Waals surface area contributed by atoms with Gasteiger partial charge in [0.2, 0.25) is 0 Å². The fourth-order valence-corrected chi connectivity index (χ4v) is 4.35. The topological polar surface area (TPSA) is 150 Å². The van der Waals surface area contributed by atoms with Crippen molar-refractivity contribution < 1.29 is 43.8 Å². The average Bonchev–Trinajstić information content (AvgIpc) is 3.29. The third kappa shape index (κ3) is 3.28. The Morgan fingerprint density at radius 3 is 2.56 bits per heavy atom. The van der Waals surface area contributed by atoms with Crippen molar-refractivity contribution in [3.05, 3.63) is 59.2 Å². The quantitative estimate of drug-likeness (QED) is 0.339. The molecule has 170 valence electrons. The van der Waals surface area contributed by atoms with Gasteiger partial charge in [0.15, 0.2) is 17.9 Å². The fraction of sp³-hybridized carbons (Fsp3) is 0.400. The molecule has 1 saturated heterocycles. The van der Waals surface area contributed by atoms with Gasteiger partial charge in [0.1, 0.15) is 42.1 Å². The number of fused-ring (bicyclic) bond motifs is 2. The van der Waals surface area contributed by atoms with Crippen LogP contribution in [0, 0.1) is 11.6 Å². The number of aliphatic hydroxyl groups is 5. The summed E-state index contributed by atoms with van der Waals surface area (Å²) in [6.07, 6.45) is -3.43. The van der Waals surface area contributed by atoms with Gasteiger partial charge in [-0.3, -0.25) is 0 Å². The van der Waals surface area contributed by atoms with Gasteiger partial charge in [-0.05, 0) is 35.7 Å². The molecule has 5 rings (SSSR count). The minimum Gasteiger partial charge on any atom is -0.387 e. The number of benzene rings is 1. The molecule has 3 aromatic rings. The third-order valence-corrected chi connectivity index (χ3v) is 5.83. The summed E-state index contributed by atoms with van der Waals surface area (Å²) >= 11 is 0. The van der Waals surface area contributed by atoms with Gasteiger partial charge in [-0.15, -0.1) is 0 Å². The molecule has 2 aliphatic heterocycles. The van der Waals surface area contributed by atoms with Crippen molar-refractivity contribution in [3.8, 4) is 0 Å². The van der Waals surface area contributed by atoms with Crippen molar-refractivity contribution in [2.45, 2.75) is 43.0 Å². The van der Waals surface area contributed by atoms with Crippen molar-refractivity contribution in [1.82, 2.24) is 14.5 Å². The molecular formula is C20H19F2N3O7. The van der Waals surface area contributed by atoms with Crippen LogP contribution in [0.4, 0.5) is 8.78 Å². The van der Waals surface area contributed by atoms with Gasteiger partial charge in [-0.25, -0.2) is 18.7 Å². The molecule has 5 N–H and O–H groups in total. The normalized spacial score (nSPS) is 28.3. The Morgan fingerprint density at radius 2 is 1.81 bits per heavy atom. The molecule has 2 aliphatic rings. The molecule has 4 heterocycles. The highest BCUT2D eigenvalue weighted by molar-refractivity contribution is 5.79. The Morgan fingerprint density at radius 1 is 1.06 bits per heavy atom. The third-order valence-electron chi connectivity index (χ3n) is 5.83. The van der Waals surface area contributed by atoms with E-state index >= 15 is 0 Å². The highest BCUT2D eigenvalue weighted by Gasteiger charge is 2.49. The monoisotopic (exact) mass is 451 g/mol. The van der Waals surface area contributed by atoms with Gasteiger partial charge in [-0.1, -0.05) is 0 Å². The molecular weight excluding hydrogens is 432 g/mol. The molecule has 5 atom stereocenters. The summed E-state index contributed by atoms with van der Waals surface area (Å²) in [6, 6.07) is 3.46. The molecule has 0 unspecified atom stereocenters. The largest absolute Gasteiger partial charge is 0.387 e. The Labute approximate surface area is 178 Å². The van der Waals surface area contributed by atoms with Crippen molar-refractivity contribution in [1.29, 1.82) is 0 Å². The Hall–Kier alpha value is -2.58. The van der Waals surface area contributed by atoms with Crippen LogP contribution >= 0.6 is 0 Å². The zero-order valence-corrected chi connectivity index (χ0v) is 16.3. The molecule has 0 bridgehead atoms. The fourth-order valence-electron chi connectivity index (χ4n) is 4.35. The van der Waals surface area contributed by atoms with E-state index in [1.165, 1.54) is 16.8 Å². The maximum Gasteiger partial charge on any atom is 0.323 e. The summed E-state index contributed by atoms with van der Waals surface area (Å²) in [5.74, 6) is -5.27. The number of ether oxygens (including phenoxy) is 2. The lowest BCUT2D eigenvalue weighted by Gasteiger charge is -2.31. The minimum atomic E-state index is -3.22. The van der Waals surface area contributed by atoms with E-state index in [4.69, 9.17) is 9.47 Å². The summed E-state index contributed by atoms with van der Waals surface area (Å²) in [5, 5.41) is 50.0. The summed E-state index contributed by atoms with van der Waals surface area (Å²) < 4.78 is 40.5. The van der Waals surface area contributed by atoms with E-state index in [9.17, 15) is 34.3 Å². The molecule has 0 saturated carbocycles. The molecule has 0 amide bonds. The van der Waals surface area contributed by atoms with Gasteiger partial charge >= 0.3 is 5.97 Å². The number of aliphatic hydroxyl groups excluding tert-OH is 2. The van der Waals surface area contributed by atoms with Crippen LogP contribution in [-0.2, 0) is 21.9 Å². The first-order valence-electron chi connectivity index (χ1n) is 9.77. The molecule has 12 heteroatoms. The predicted molar refractivity (Wildman–Crippen MR) is 101 cm³/mol. The predicted octanol–water partition coefficient (Wildman–Crippen LogP) is -0.270. The van der Waals surface area contributed by atoms with Crippen LogP contribution in [-0.4, -0.2) is 65.0 Å². The van der Waals surface area contributed by atoms with E-state index in [-0.39, 0.29) is 17.6 Å². The Bertz CT molecular complexity index is 1180. The molecule has 0 radical (unpaired) electrons. The summed E-state index contributed by atoms with van der Waals surface area (Å²) in [5.41, 5.74) is 0.446. The molecule has 2 aromatic heterocycles. The standard InChI is InChI=1S/C20H19F2N3O7/c21-11-5-8-2-4-31-15(10(8)6-12(11)22)16-13(26)14(27)19(32-16)25-3-1-9-17(20(28,29)30)23-7-24-18(9)25/h1,3,5-7,13-16,19,26-30H,2,4H2/t13-,14+,15+,16-,19+/m0/s1. The lowest BCUT2D eigenvalue weighted by molar-refractivity contribution is -0.325. The number of hydrogen-bond donors (Lipinski definition) is 5. The number of rotatable bonds is 3. The number of nitrogens with zero attached hydrogens (tertiary/aromatic N) is 3. The number of hydrogen-bond acceptors (Lipinski definition) is 9. The maximum atomic E-state index is 13.9. The highest BCUT2D eigenvalue weighted by atomic mass is 19.2. The van der Waals surface area contributed by atoms with Gasteiger partial charge in [0, 0.05) is 11.6 Å². The van der Waals surface area contributed by atoms with Crippen LogP contribution in [0.25, 0.3) is 11.0 Å². The second-order valence-corrected chi connectivity index (χ2v) is 7.80. The van der Waals surface area contributed by atoms with Crippen LogP contribution in [0.15, 0.2) is 30.7 Å². The maximum absolute atomic E-state index is 13.9. The van der Waals surface area contributed by atoms with Crippen molar-refractivity contribution >= 4 is 11.0 Å². The van der Waals surface area contributed by atoms with E-state index in [0.29, 0.717) is 17.5 Å². The van der Waals surface area contributed by atoms with Crippen molar-refractivity contribution in [2.24, 2.45) is 0 Å². The first-order chi connectivity index (χ1) is 15.2. The zero-order valence-electron chi connectivity index (χ0n) is 16.3. The van der Waals surface area contributed by atoms with Gasteiger partial charge in [-0.2, -0.15) is 0 Å². The molecule has 0 aliphatic carbocycles. The summed E-state index contributed by atoms with van der Waals surface area (Å²) in [6.45, 7) is 0.185. The average molecular weight is 451 g/mol. The lowest BCUT2D eigenvalue weighted by atomic mass is 9.91. The molecule has 1 aromatic carbocycles. The van der Waals surface area contributed by atoms with E-state index in [0.717, 1.165) is 18.5 Å². The molecule has 32 heavy (non-hydrogen) atoms. The highest BCUT2D eigenvalue weighted by Crippen LogP contribution is 2.42. The minimum absolute atomic E-state index is 0.0746. The SMILES string of the molecule is O[C@@H]1[C@H](O)[C@@H]([C@@H]2OCCc3cc(F)c(F)cc32)O[C@H]1n1ccc2c(C(O)(O)O)ncnc21. The summed E-state index contributed by atoms with van der Waals surface area (Å²) in [4.78, 5) is 7.71. The second-order valence-electron chi connectivity index (χ2n) is 7.80.